The predicted molar refractivity (Wildman–Crippen MR) is 65.4 cm³/mol. The molecule has 0 bridgehead atoms. The average molecular weight is 225 g/mol. The van der Waals surface area contributed by atoms with Gasteiger partial charge in [0.25, 0.3) is 0 Å². The fourth-order valence-corrected chi connectivity index (χ4v) is 1.54. The second-order valence-electron chi connectivity index (χ2n) is 4.42. The van der Waals surface area contributed by atoms with Gasteiger partial charge in [-0.2, -0.15) is 5.10 Å². The van der Waals surface area contributed by atoms with Gasteiger partial charge in [0.05, 0.1) is 18.0 Å². The van der Waals surface area contributed by atoms with Gasteiger partial charge in [-0.25, -0.2) is 0 Å². The van der Waals surface area contributed by atoms with Crippen LogP contribution in [0.2, 0.25) is 0 Å². The van der Waals surface area contributed by atoms with Crippen LogP contribution in [0.4, 0.5) is 0 Å². The maximum absolute atomic E-state index is 5.59. The highest BCUT2D eigenvalue weighted by atomic mass is 16.5. The van der Waals surface area contributed by atoms with E-state index in [9.17, 15) is 0 Å². The van der Waals surface area contributed by atoms with Crippen LogP contribution in [0.25, 0.3) is 0 Å². The fraction of sp³-hybridized carbons (Fsp3) is 0.750. The zero-order valence-corrected chi connectivity index (χ0v) is 10.8. The molecule has 1 heterocycles. The molecule has 0 fully saturated rings. The van der Waals surface area contributed by atoms with Crippen molar-refractivity contribution in [2.75, 3.05) is 13.2 Å². The molecule has 1 rings (SSSR count). The highest BCUT2D eigenvalue weighted by Crippen LogP contribution is 2.03. The Hall–Kier alpha value is -0.870. The van der Waals surface area contributed by atoms with E-state index in [1.807, 2.05) is 18.7 Å². The zero-order chi connectivity index (χ0) is 12.0. The van der Waals surface area contributed by atoms with Crippen LogP contribution in [0.5, 0.6) is 0 Å². The number of aromatic nitrogens is 2. The Morgan fingerprint density at radius 3 is 2.81 bits per heavy atom. The number of hydrogen-bond donors (Lipinski definition) is 1. The van der Waals surface area contributed by atoms with Gasteiger partial charge in [0.2, 0.25) is 0 Å². The molecule has 1 aromatic heterocycles. The molecule has 0 saturated carbocycles. The average Bonchev–Trinajstić information content (AvgIpc) is 2.50. The van der Waals surface area contributed by atoms with Gasteiger partial charge >= 0.3 is 0 Å². The van der Waals surface area contributed by atoms with Crippen molar-refractivity contribution in [1.82, 2.24) is 15.1 Å². The van der Waals surface area contributed by atoms with E-state index in [4.69, 9.17) is 4.74 Å². The number of ether oxygens (including phenoxy) is 1. The van der Waals surface area contributed by atoms with Crippen molar-refractivity contribution in [3.8, 4) is 0 Å². The molecule has 0 unspecified atom stereocenters. The maximum Gasteiger partial charge on any atom is 0.0884 e. The fourth-order valence-electron chi connectivity index (χ4n) is 1.54. The standard InChI is InChI=1S/C12H23N3O/c1-10(2)13-6-5-7-16-9-12-8-11(3)14-15(12)4/h8,10,13H,5-7,9H2,1-4H3. The third kappa shape index (κ3) is 4.77. The Kier molecular flexibility index (Phi) is 5.49. The number of nitrogens with one attached hydrogen (secondary N) is 1. The van der Waals surface area contributed by atoms with Crippen molar-refractivity contribution < 1.29 is 4.74 Å². The minimum absolute atomic E-state index is 0.555. The lowest BCUT2D eigenvalue weighted by Crippen LogP contribution is -2.24. The summed E-state index contributed by atoms with van der Waals surface area (Å²) in [5.74, 6) is 0. The molecule has 92 valence electrons. The highest BCUT2D eigenvalue weighted by Gasteiger charge is 2.01. The molecule has 0 radical (unpaired) electrons. The smallest absolute Gasteiger partial charge is 0.0884 e. The van der Waals surface area contributed by atoms with Crippen LogP contribution in [-0.4, -0.2) is 29.0 Å². The van der Waals surface area contributed by atoms with Crippen LogP contribution in [0.3, 0.4) is 0 Å². The topological polar surface area (TPSA) is 39.1 Å². The molecule has 0 spiro atoms. The van der Waals surface area contributed by atoms with E-state index in [0.717, 1.165) is 31.0 Å². The summed E-state index contributed by atoms with van der Waals surface area (Å²) in [7, 11) is 1.95. The molecule has 0 aliphatic rings. The van der Waals surface area contributed by atoms with Gasteiger partial charge in [-0.05, 0) is 26.0 Å². The molecule has 1 N–H and O–H groups in total. The molecular formula is C12H23N3O. The zero-order valence-electron chi connectivity index (χ0n) is 10.8. The van der Waals surface area contributed by atoms with E-state index in [1.165, 1.54) is 0 Å². The Balaban J connectivity index is 2.09. The summed E-state index contributed by atoms with van der Waals surface area (Å²) in [5.41, 5.74) is 2.18. The van der Waals surface area contributed by atoms with Gasteiger partial charge in [0, 0.05) is 19.7 Å². The van der Waals surface area contributed by atoms with Crippen molar-refractivity contribution in [2.45, 2.75) is 39.8 Å². The van der Waals surface area contributed by atoms with Gasteiger partial charge in [-0.3, -0.25) is 4.68 Å². The van der Waals surface area contributed by atoms with Crippen LogP contribution >= 0.6 is 0 Å². The molecule has 0 aliphatic carbocycles. The quantitative estimate of drug-likeness (QED) is 0.717. The van der Waals surface area contributed by atoms with Crippen LogP contribution in [0.1, 0.15) is 31.7 Å². The molecule has 0 atom stereocenters. The van der Waals surface area contributed by atoms with E-state index in [1.54, 1.807) is 0 Å². The first-order valence-corrected chi connectivity index (χ1v) is 5.90. The lowest BCUT2D eigenvalue weighted by atomic mass is 10.3. The molecule has 4 nitrogen and oxygen atoms in total. The molecule has 0 aromatic carbocycles. The minimum Gasteiger partial charge on any atom is -0.375 e. The van der Waals surface area contributed by atoms with Crippen LogP contribution < -0.4 is 5.32 Å². The van der Waals surface area contributed by atoms with Crippen molar-refractivity contribution in [3.05, 3.63) is 17.5 Å². The highest BCUT2D eigenvalue weighted by molar-refractivity contribution is 5.07. The monoisotopic (exact) mass is 225 g/mol. The lowest BCUT2D eigenvalue weighted by Gasteiger charge is -2.08. The van der Waals surface area contributed by atoms with Gasteiger partial charge in [-0.1, -0.05) is 13.8 Å². The van der Waals surface area contributed by atoms with Crippen LogP contribution in [0.15, 0.2) is 6.07 Å². The molecular weight excluding hydrogens is 202 g/mol. The van der Waals surface area contributed by atoms with Crippen molar-refractivity contribution in [3.63, 3.8) is 0 Å². The van der Waals surface area contributed by atoms with E-state index >= 15 is 0 Å². The Labute approximate surface area is 98.0 Å². The summed E-state index contributed by atoms with van der Waals surface area (Å²) in [6, 6.07) is 2.62. The summed E-state index contributed by atoms with van der Waals surface area (Å²) < 4.78 is 7.47. The first kappa shape index (κ1) is 13.2. The van der Waals surface area contributed by atoms with E-state index in [2.05, 4.69) is 30.3 Å². The predicted octanol–water partition coefficient (Wildman–Crippen LogP) is 1.63. The summed E-state index contributed by atoms with van der Waals surface area (Å²) in [5, 5.41) is 7.64. The molecule has 16 heavy (non-hydrogen) atoms. The maximum atomic E-state index is 5.59. The van der Waals surface area contributed by atoms with E-state index < -0.39 is 0 Å². The second kappa shape index (κ2) is 6.66. The number of aryl methyl sites for hydroxylation is 2. The number of nitrogens with zero attached hydrogens (tertiary/aromatic N) is 2. The van der Waals surface area contributed by atoms with Crippen LogP contribution in [0, 0.1) is 6.92 Å². The first-order valence-electron chi connectivity index (χ1n) is 5.90. The van der Waals surface area contributed by atoms with Crippen molar-refractivity contribution in [1.29, 1.82) is 0 Å². The third-order valence-corrected chi connectivity index (χ3v) is 2.37. The van der Waals surface area contributed by atoms with Crippen molar-refractivity contribution >= 4 is 0 Å². The molecule has 0 amide bonds. The molecule has 0 aliphatic heterocycles. The minimum atomic E-state index is 0.555. The number of hydrogen-bond acceptors (Lipinski definition) is 3. The van der Waals surface area contributed by atoms with E-state index in [-0.39, 0.29) is 0 Å². The summed E-state index contributed by atoms with van der Waals surface area (Å²) in [6.07, 6.45) is 1.05. The third-order valence-electron chi connectivity index (χ3n) is 2.37. The Morgan fingerprint density at radius 1 is 1.50 bits per heavy atom. The largest absolute Gasteiger partial charge is 0.375 e. The summed E-state index contributed by atoms with van der Waals surface area (Å²) in [6.45, 7) is 8.76. The van der Waals surface area contributed by atoms with Crippen LogP contribution in [-0.2, 0) is 18.4 Å². The Morgan fingerprint density at radius 2 is 2.25 bits per heavy atom. The van der Waals surface area contributed by atoms with E-state index in [0.29, 0.717) is 12.6 Å². The molecule has 4 heteroatoms. The first-order chi connectivity index (χ1) is 7.59. The SMILES string of the molecule is Cc1cc(COCCCNC(C)C)n(C)n1. The van der Waals surface area contributed by atoms with Crippen molar-refractivity contribution in [2.24, 2.45) is 7.05 Å². The van der Waals surface area contributed by atoms with Gasteiger partial charge in [-0.15, -0.1) is 0 Å². The molecule has 1 aromatic rings. The summed E-state index contributed by atoms with van der Waals surface area (Å²) >= 11 is 0. The lowest BCUT2D eigenvalue weighted by molar-refractivity contribution is 0.113. The normalized spacial score (nSPS) is 11.3. The summed E-state index contributed by atoms with van der Waals surface area (Å²) in [4.78, 5) is 0. The van der Waals surface area contributed by atoms with Gasteiger partial charge in [0.1, 0.15) is 0 Å². The van der Waals surface area contributed by atoms with Gasteiger partial charge in [0.15, 0.2) is 0 Å². The number of rotatable bonds is 7. The second-order valence-corrected chi connectivity index (χ2v) is 4.42. The molecule has 0 saturated heterocycles. The van der Waals surface area contributed by atoms with Gasteiger partial charge < -0.3 is 10.1 Å². The Bertz CT molecular complexity index is 307.